The molecule has 3 rings (SSSR count). The Morgan fingerprint density at radius 3 is 2.47 bits per heavy atom. The summed E-state index contributed by atoms with van der Waals surface area (Å²) in [5.74, 6) is -0.637. The van der Waals surface area contributed by atoms with Gasteiger partial charge in [-0.1, -0.05) is 60.6 Å². The van der Waals surface area contributed by atoms with Crippen LogP contribution in [0.1, 0.15) is 68.7 Å². The van der Waals surface area contributed by atoms with Gasteiger partial charge in [0, 0.05) is 36.4 Å². The Labute approximate surface area is 268 Å². The highest BCUT2D eigenvalue weighted by Crippen LogP contribution is 2.50. The van der Waals surface area contributed by atoms with E-state index in [-0.39, 0.29) is 48.4 Å². The van der Waals surface area contributed by atoms with Gasteiger partial charge in [-0.2, -0.15) is 0 Å². The fourth-order valence-corrected chi connectivity index (χ4v) is 8.73. The van der Waals surface area contributed by atoms with Crippen molar-refractivity contribution in [3.63, 3.8) is 0 Å². The van der Waals surface area contributed by atoms with Crippen LogP contribution in [0, 0.1) is 0 Å². The van der Waals surface area contributed by atoms with E-state index in [0.29, 0.717) is 19.6 Å². The smallest absolute Gasteiger partial charge is 0.259 e. The average Bonchev–Trinajstić information content (AvgIpc) is 3.28. The molecule has 1 fully saturated rings. The lowest BCUT2D eigenvalue weighted by molar-refractivity contribution is -0.150. The topological polar surface area (TPSA) is 86.8 Å². The van der Waals surface area contributed by atoms with Crippen molar-refractivity contribution in [1.29, 1.82) is 0 Å². The van der Waals surface area contributed by atoms with E-state index < -0.39 is 33.1 Å². The summed E-state index contributed by atoms with van der Waals surface area (Å²) in [6.07, 6.45) is 0.345. The van der Waals surface area contributed by atoms with Crippen LogP contribution in [0.3, 0.4) is 0 Å². The van der Waals surface area contributed by atoms with Crippen LogP contribution in [0.25, 0.3) is 0 Å². The standard InChI is InChI=1S/C31H49N2O7PS2/c1-21(2)33(22(3)4)41(38-17-15-24-12-10-11-13-26(24)42-43-31(6,7)8)40-28-23(5)39-30(29(28)37-19-18-36-9)32-16-14-25(34)20-27(32)35/h10-14,16,21-23,28-30H,15,17-20H2,1-9H3/i5D. The number of methoxy groups -OCH3 is 1. The van der Waals surface area contributed by atoms with E-state index in [4.69, 9.17) is 24.6 Å². The van der Waals surface area contributed by atoms with Crippen molar-refractivity contribution in [2.75, 3.05) is 26.9 Å². The number of rotatable bonds is 16. The molecule has 9 nitrogen and oxygen atoms in total. The number of allylic oxidation sites excluding steroid dienone is 1. The van der Waals surface area contributed by atoms with Gasteiger partial charge in [0.1, 0.15) is 12.2 Å². The molecule has 0 N–H and O–H groups in total. The van der Waals surface area contributed by atoms with Gasteiger partial charge in [-0.15, -0.1) is 0 Å². The van der Waals surface area contributed by atoms with Gasteiger partial charge in [-0.25, -0.2) is 4.67 Å². The van der Waals surface area contributed by atoms with Gasteiger partial charge in [0.15, 0.2) is 12.0 Å². The highest BCUT2D eigenvalue weighted by molar-refractivity contribution is 8.77. The molecule has 1 saturated heterocycles. The maximum atomic E-state index is 12.9. The predicted molar refractivity (Wildman–Crippen MR) is 175 cm³/mol. The van der Waals surface area contributed by atoms with Gasteiger partial charge < -0.3 is 23.3 Å². The van der Waals surface area contributed by atoms with E-state index in [1.807, 2.05) is 10.8 Å². The quantitative estimate of drug-likeness (QED) is 0.0838. The summed E-state index contributed by atoms with van der Waals surface area (Å²) < 4.78 is 41.7. The Kier molecular flexibility index (Phi) is 13.8. The summed E-state index contributed by atoms with van der Waals surface area (Å²) in [6, 6.07) is 8.63. The largest absolute Gasteiger partial charge is 0.382 e. The van der Waals surface area contributed by atoms with E-state index in [2.05, 4.69) is 77.4 Å². The molecule has 1 amide bonds. The lowest BCUT2D eigenvalue weighted by atomic mass is 10.1. The Bertz CT molecular complexity index is 1100. The summed E-state index contributed by atoms with van der Waals surface area (Å²) in [6.45, 7) is 16.0. The second-order valence-electron chi connectivity index (χ2n) is 12.0. The Hall–Kier alpha value is -1.01. The van der Waals surface area contributed by atoms with Gasteiger partial charge in [0.05, 0.1) is 32.3 Å². The monoisotopic (exact) mass is 657 g/mol. The molecule has 43 heavy (non-hydrogen) atoms. The minimum absolute atomic E-state index is 0.0987. The molecule has 0 spiro atoms. The molecule has 5 atom stereocenters. The molecule has 242 valence electrons. The number of hydrogen-bond acceptors (Lipinski definition) is 10. The molecule has 2 aliphatic heterocycles. The van der Waals surface area contributed by atoms with Crippen LogP contribution in [0.4, 0.5) is 0 Å². The number of hydrogen-bond donors (Lipinski definition) is 0. The molecule has 5 unspecified atom stereocenters. The van der Waals surface area contributed by atoms with Crippen molar-refractivity contribution < 1.29 is 34.2 Å². The van der Waals surface area contributed by atoms with Crippen molar-refractivity contribution in [2.45, 2.75) is 114 Å². The fraction of sp³-hybridized carbons (Fsp3) is 0.677. The summed E-state index contributed by atoms with van der Waals surface area (Å²) in [5, 5.41) is 0. The van der Waals surface area contributed by atoms with Crippen molar-refractivity contribution in [1.82, 2.24) is 9.57 Å². The van der Waals surface area contributed by atoms with Crippen LogP contribution >= 0.6 is 30.1 Å². The van der Waals surface area contributed by atoms with Crippen molar-refractivity contribution in [2.24, 2.45) is 0 Å². The van der Waals surface area contributed by atoms with Crippen LogP contribution in [-0.4, -0.2) is 89.6 Å². The first-order valence-corrected chi connectivity index (χ1v) is 18.0. The van der Waals surface area contributed by atoms with Crippen molar-refractivity contribution >= 4 is 41.8 Å². The lowest BCUT2D eigenvalue weighted by Gasteiger charge is -2.38. The summed E-state index contributed by atoms with van der Waals surface area (Å²) in [7, 11) is 3.60. The van der Waals surface area contributed by atoms with E-state index in [1.54, 1.807) is 17.9 Å². The molecular formula is C31H49N2O7PS2. The van der Waals surface area contributed by atoms with Gasteiger partial charge >= 0.3 is 0 Å². The van der Waals surface area contributed by atoms with E-state index >= 15 is 0 Å². The zero-order valence-electron chi connectivity index (χ0n) is 27.7. The molecule has 2 heterocycles. The third-order valence-electron chi connectivity index (χ3n) is 6.58. The zero-order chi connectivity index (χ0) is 32.4. The molecular weight excluding hydrogens is 607 g/mol. The van der Waals surface area contributed by atoms with E-state index in [1.165, 1.54) is 27.6 Å². The van der Waals surface area contributed by atoms with Gasteiger partial charge in [0.25, 0.3) is 8.53 Å². The molecule has 0 saturated carbocycles. The van der Waals surface area contributed by atoms with Crippen LogP contribution in [-0.2, 0) is 39.3 Å². The van der Waals surface area contributed by atoms with E-state index in [0.717, 1.165) is 0 Å². The maximum Gasteiger partial charge on any atom is 0.259 e. The Morgan fingerprint density at radius 2 is 1.84 bits per heavy atom. The third kappa shape index (κ3) is 10.8. The first kappa shape index (κ1) is 34.9. The number of ketones is 1. The highest BCUT2D eigenvalue weighted by atomic mass is 33.1. The van der Waals surface area contributed by atoms with Crippen LogP contribution in [0.2, 0.25) is 0 Å². The first-order chi connectivity index (χ1) is 20.9. The van der Waals surface area contributed by atoms with Crippen LogP contribution in [0.15, 0.2) is 41.4 Å². The molecule has 1 aromatic carbocycles. The lowest BCUT2D eigenvalue weighted by Crippen LogP contribution is -2.48. The second-order valence-corrected chi connectivity index (χ2v) is 16.4. The SMILES string of the molecule is [2H]CC1OC(N2C=CC(=O)CC2=O)C(OCCOC)C1OP(OCCc1ccccc1SSC(C)(C)C)N(C(C)C)C(C)C. The maximum absolute atomic E-state index is 12.9. The zero-order valence-corrected chi connectivity index (χ0v) is 29.2. The fourth-order valence-electron chi connectivity index (χ4n) is 4.70. The van der Waals surface area contributed by atoms with Gasteiger partial charge in [-0.3, -0.25) is 14.5 Å². The molecule has 0 radical (unpaired) electrons. The van der Waals surface area contributed by atoms with Crippen molar-refractivity contribution in [3.8, 4) is 0 Å². The Balaban J connectivity index is 1.85. The number of amides is 1. The summed E-state index contributed by atoms with van der Waals surface area (Å²) in [4.78, 5) is 27.3. The summed E-state index contributed by atoms with van der Waals surface area (Å²) in [5.41, 5.74) is 1.21. The number of carbonyl (C=O) groups excluding carboxylic acids is 2. The molecule has 1 aromatic rings. The molecule has 0 aliphatic carbocycles. The number of carbonyl (C=O) groups is 2. The predicted octanol–water partition coefficient (Wildman–Crippen LogP) is 6.61. The summed E-state index contributed by atoms with van der Waals surface area (Å²) >= 11 is 0. The highest BCUT2D eigenvalue weighted by Gasteiger charge is 2.50. The number of ether oxygens (including phenoxy) is 3. The van der Waals surface area contributed by atoms with E-state index in [9.17, 15) is 9.59 Å². The molecule has 2 aliphatic rings. The Morgan fingerprint density at radius 1 is 1.12 bits per heavy atom. The van der Waals surface area contributed by atoms with Crippen LogP contribution < -0.4 is 0 Å². The third-order valence-corrected chi connectivity index (χ3v) is 12.2. The molecule has 0 aromatic heterocycles. The van der Waals surface area contributed by atoms with Crippen LogP contribution in [0.5, 0.6) is 0 Å². The number of nitrogens with zero attached hydrogens (tertiary/aromatic N) is 2. The minimum atomic E-state index is -1.61. The van der Waals surface area contributed by atoms with Gasteiger partial charge in [-0.05, 0) is 58.7 Å². The van der Waals surface area contributed by atoms with Gasteiger partial charge in [0.2, 0.25) is 5.91 Å². The van der Waals surface area contributed by atoms with Crippen molar-refractivity contribution in [3.05, 3.63) is 42.1 Å². The average molecular weight is 658 g/mol. The molecule has 0 bridgehead atoms. The number of benzene rings is 1. The molecule has 12 heteroatoms. The first-order valence-electron chi connectivity index (χ1n) is 15.5. The second kappa shape index (κ2) is 17.1. The minimum Gasteiger partial charge on any atom is -0.382 e. The normalized spacial score (nSPS) is 24.1.